The Morgan fingerprint density at radius 1 is 1.32 bits per heavy atom. The fraction of sp³-hybridized carbons (Fsp3) is 0.381. The highest BCUT2D eigenvalue weighted by atomic mass is 32.2. The van der Waals surface area contributed by atoms with Gasteiger partial charge in [-0.25, -0.2) is 0 Å². The summed E-state index contributed by atoms with van der Waals surface area (Å²) in [6, 6.07) is 10.4. The zero-order valence-electron chi connectivity index (χ0n) is 16.3. The van der Waals surface area contributed by atoms with Crippen LogP contribution >= 0.6 is 11.8 Å². The van der Waals surface area contributed by atoms with Gasteiger partial charge in [-0.3, -0.25) is 4.79 Å². The number of carbonyl (C=O) groups is 1. The molecular weight excluding hydrogens is 372 g/mol. The predicted molar refractivity (Wildman–Crippen MR) is 109 cm³/mol. The maximum Gasteiger partial charge on any atom is 0.233 e. The zero-order valence-corrected chi connectivity index (χ0v) is 17.1. The monoisotopic (exact) mass is 396 g/mol. The second kappa shape index (κ2) is 7.83. The highest BCUT2D eigenvalue weighted by Crippen LogP contribution is 2.31. The van der Waals surface area contributed by atoms with E-state index in [-0.39, 0.29) is 17.2 Å². The van der Waals surface area contributed by atoms with Gasteiger partial charge in [0.15, 0.2) is 11.0 Å². The number of amides is 1. The van der Waals surface area contributed by atoms with Crippen molar-refractivity contribution in [2.24, 2.45) is 7.05 Å². The maximum atomic E-state index is 12.8. The molecule has 4 rings (SSSR count). The second-order valence-electron chi connectivity index (χ2n) is 7.17. The molecule has 0 saturated heterocycles. The number of benzene rings is 1. The van der Waals surface area contributed by atoms with Crippen molar-refractivity contribution in [2.75, 3.05) is 0 Å². The summed E-state index contributed by atoms with van der Waals surface area (Å²) in [7, 11) is 1.91. The van der Waals surface area contributed by atoms with Crippen LogP contribution in [0.15, 0.2) is 46.2 Å². The van der Waals surface area contributed by atoms with Gasteiger partial charge < -0.3 is 14.3 Å². The van der Waals surface area contributed by atoms with Crippen LogP contribution in [0.1, 0.15) is 42.7 Å². The Labute approximate surface area is 168 Å². The molecule has 146 valence electrons. The summed E-state index contributed by atoms with van der Waals surface area (Å²) in [6.45, 7) is 3.81. The van der Waals surface area contributed by atoms with Crippen molar-refractivity contribution in [1.29, 1.82) is 0 Å². The molecule has 2 heterocycles. The third kappa shape index (κ3) is 3.58. The first-order chi connectivity index (χ1) is 13.5. The SMILES string of the molecule is Cc1occc1-c1nnc(S[C@H](C)C(=O)N[C@@H]2CCCc3ccccc32)n1C. The molecule has 1 N–H and O–H groups in total. The fourth-order valence-corrected chi connectivity index (χ4v) is 4.50. The number of aromatic nitrogens is 3. The Morgan fingerprint density at radius 3 is 2.93 bits per heavy atom. The van der Waals surface area contributed by atoms with Gasteiger partial charge in [-0.15, -0.1) is 10.2 Å². The lowest BCUT2D eigenvalue weighted by Gasteiger charge is -2.27. The first kappa shape index (κ1) is 18.8. The molecule has 3 aromatic rings. The minimum atomic E-state index is -0.268. The average molecular weight is 397 g/mol. The Balaban J connectivity index is 1.45. The van der Waals surface area contributed by atoms with E-state index in [4.69, 9.17) is 4.42 Å². The van der Waals surface area contributed by atoms with E-state index >= 15 is 0 Å². The van der Waals surface area contributed by atoms with E-state index in [1.54, 1.807) is 6.26 Å². The Morgan fingerprint density at radius 2 is 2.14 bits per heavy atom. The summed E-state index contributed by atoms with van der Waals surface area (Å²) < 4.78 is 7.27. The van der Waals surface area contributed by atoms with E-state index in [9.17, 15) is 4.79 Å². The van der Waals surface area contributed by atoms with Crippen molar-refractivity contribution >= 4 is 17.7 Å². The molecule has 0 aliphatic heterocycles. The molecule has 1 aliphatic rings. The van der Waals surface area contributed by atoms with Gasteiger partial charge >= 0.3 is 0 Å². The summed E-state index contributed by atoms with van der Waals surface area (Å²) in [4.78, 5) is 12.8. The number of aryl methyl sites for hydroxylation is 2. The van der Waals surface area contributed by atoms with E-state index in [1.165, 1.54) is 22.9 Å². The van der Waals surface area contributed by atoms with Crippen LogP contribution in [0.25, 0.3) is 11.4 Å². The normalized spacial score (nSPS) is 17.2. The van der Waals surface area contributed by atoms with Gasteiger partial charge in [-0.05, 0) is 50.3 Å². The van der Waals surface area contributed by atoms with Gasteiger partial charge in [0, 0.05) is 7.05 Å². The largest absolute Gasteiger partial charge is 0.469 e. The number of nitrogens with one attached hydrogen (secondary N) is 1. The minimum Gasteiger partial charge on any atom is -0.469 e. The quantitative estimate of drug-likeness (QED) is 0.659. The zero-order chi connectivity index (χ0) is 19.7. The van der Waals surface area contributed by atoms with Crippen LogP contribution < -0.4 is 5.32 Å². The summed E-state index contributed by atoms with van der Waals surface area (Å²) in [5.74, 6) is 1.56. The van der Waals surface area contributed by atoms with Crippen LogP contribution in [0.2, 0.25) is 0 Å². The summed E-state index contributed by atoms with van der Waals surface area (Å²) in [6.07, 6.45) is 4.81. The van der Waals surface area contributed by atoms with Gasteiger partial charge in [0.2, 0.25) is 5.91 Å². The topological polar surface area (TPSA) is 72.9 Å². The van der Waals surface area contributed by atoms with Crippen molar-refractivity contribution in [2.45, 2.75) is 49.6 Å². The Hall–Kier alpha value is -2.54. The number of thioether (sulfide) groups is 1. The lowest BCUT2D eigenvalue weighted by molar-refractivity contribution is -0.121. The van der Waals surface area contributed by atoms with Gasteiger partial charge in [0.1, 0.15) is 5.76 Å². The standard InChI is InChI=1S/C21H24N4O2S/c1-13-16(11-12-27-13)19-23-24-21(25(19)3)28-14(2)20(26)22-18-10-6-8-15-7-4-5-9-17(15)18/h4-5,7,9,11-12,14,18H,6,8,10H2,1-3H3,(H,22,26)/t14-,18-/m1/s1. The van der Waals surface area contributed by atoms with Crippen molar-refractivity contribution in [3.63, 3.8) is 0 Å². The van der Waals surface area contributed by atoms with E-state index in [0.29, 0.717) is 5.16 Å². The molecule has 28 heavy (non-hydrogen) atoms. The number of hydrogen-bond donors (Lipinski definition) is 1. The van der Waals surface area contributed by atoms with Crippen LogP contribution in [0, 0.1) is 6.92 Å². The van der Waals surface area contributed by atoms with Crippen LogP contribution in [-0.2, 0) is 18.3 Å². The smallest absolute Gasteiger partial charge is 0.233 e. The molecule has 2 aromatic heterocycles. The summed E-state index contributed by atoms with van der Waals surface area (Å²) in [5, 5.41) is 12.2. The molecule has 0 fully saturated rings. The first-order valence-corrected chi connectivity index (χ1v) is 10.4. The van der Waals surface area contributed by atoms with E-state index in [2.05, 4.69) is 33.7 Å². The Bertz CT molecular complexity index is 994. The van der Waals surface area contributed by atoms with Gasteiger partial charge in [-0.2, -0.15) is 0 Å². The fourth-order valence-electron chi connectivity index (χ4n) is 3.67. The van der Waals surface area contributed by atoms with Gasteiger partial charge in [0.25, 0.3) is 0 Å². The van der Waals surface area contributed by atoms with Crippen molar-refractivity contribution in [3.05, 3.63) is 53.5 Å². The molecule has 0 saturated carbocycles. The van der Waals surface area contributed by atoms with Crippen molar-refractivity contribution in [1.82, 2.24) is 20.1 Å². The molecular formula is C21H24N4O2S. The van der Waals surface area contributed by atoms with Crippen LogP contribution in [0.5, 0.6) is 0 Å². The van der Waals surface area contributed by atoms with Crippen LogP contribution in [-0.4, -0.2) is 25.9 Å². The van der Waals surface area contributed by atoms with Gasteiger partial charge in [-0.1, -0.05) is 36.0 Å². The molecule has 7 heteroatoms. The highest BCUT2D eigenvalue weighted by Gasteiger charge is 2.25. The third-order valence-corrected chi connectivity index (χ3v) is 6.41. The summed E-state index contributed by atoms with van der Waals surface area (Å²) in [5.41, 5.74) is 3.50. The highest BCUT2D eigenvalue weighted by molar-refractivity contribution is 8.00. The molecule has 2 atom stereocenters. The Kier molecular flexibility index (Phi) is 5.26. The number of carbonyl (C=O) groups excluding carboxylic acids is 1. The average Bonchev–Trinajstić information content (AvgIpc) is 3.27. The second-order valence-corrected chi connectivity index (χ2v) is 8.48. The number of nitrogens with zero attached hydrogens (tertiary/aromatic N) is 3. The van der Waals surface area contributed by atoms with E-state index < -0.39 is 0 Å². The molecule has 0 radical (unpaired) electrons. The molecule has 1 aliphatic carbocycles. The molecule has 0 unspecified atom stereocenters. The molecule has 1 aromatic carbocycles. The molecule has 0 bridgehead atoms. The van der Waals surface area contributed by atoms with Crippen LogP contribution in [0.3, 0.4) is 0 Å². The number of rotatable bonds is 5. The lowest BCUT2D eigenvalue weighted by Crippen LogP contribution is -2.36. The van der Waals surface area contributed by atoms with Crippen LogP contribution in [0.4, 0.5) is 0 Å². The maximum absolute atomic E-state index is 12.8. The predicted octanol–water partition coefficient (Wildman–Crippen LogP) is 4.06. The summed E-state index contributed by atoms with van der Waals surface area (Å²) >= 11 is 1.42. The van der Waals surface area contributed by atoms with Crippen molar-refractivity contribution < 1.29 is 9.21 Å². The van der Waals surface area contributed by atoms with E-state index in [1.807, 2.05) is 37.6 Å². The minimum absolute atomic E-state index is 0.0238. The molecule has 0 spiro atoms. The number of hydrogen-bond acceptors (Lipinski definition) is 5. The van der Waals surface area contributed by atoms with E-state index in [0.717, 1.165) is 36.4 Å². The first-order valence-electron chi connectivity index (χ1n) is 9.53. The molecule has 6 nitrogen and oxygen atoms in total. The number of furan rings is 1. The number of fused-ring (bicyclic) bond motifs is 1. The third-order valence-electron chi connectivity index (χ3n) is 5.27. The lowest BCUT2D eigenvalue weighted by atomic mass is 9.88. The molecule has 1 amide bonds. The van der Waals surface area contributed by atoms with Gasteiger partial charge in [0.05, 0.1) is 23.1 Å². The van der Waals surface area contributed by atoms with Crippen molar-refractivity contribution in [3.8, 4) is 11.4 Å².